The lowest BCUT2D eigenvalue weighted by atomic mass is 11.3. The first-order chi connectivity index (χ1) is 2.73. The summed E-state index contributed by atoms with van der Waals surface area (Å²) in [7, 11) is 3.73. The molecule has 4 N–H and O–H groups in total. The van der Waals surface area contributed by atoms with Crippen molar-refractivity contribution >= 4 is 12.8 Å². The molecule has 6 heavy (non-hydrogen) atoms. The zero-order valence-corrected chi connectivity index (χ0v) is 4.94. The summed E-state index contributed by atoms with van der Waals surface area (Å²) in [4.78, 5) is 0. The predicted octanol–water partition coefficient (Wildman–Crippen LogP) is -0.788. The molecule has 0 bridgehead atoms. The van der Waals surface area contributed by atoms with Gasteiger partial charge in [-0.1, -0.05) is 12.8 Å². The summed E-state index contributed by atoms with van der Waals surface area (Å²) < 4.78 is 1.69. The van der Waals surface area contributed by atoms with Crippen molar-refractivity contribution in [3.63, 3.8) is 0 Å². The van der Waals surface area contributed by atoms with E-state index in [0.717, 1.165) is 0 Å². The van der Waals surface area contributed by atoms with Crippen molar-refractivity contribution in [2.75, 3.05) is 14.1 Å². The second kappa shape index (κ2) is 8.97. The summed E-state index contributed by atoms with van der Waals surface area (Å²) in [6.45, 7) is 0. The van der Waals surface area contributed by atoms with Gasteiger partial charge in [-0.25, -0.2) is 0 Å². The Bertz CT molecular complexity index is 13.5. The SMILES string of the molecule is CN(C)S.NN. The Morgan fingerprint density at radius 2 is 1.33 bits per heavy atom. The van der Waals surface area contributed by atoms with Crippen LogP contribution in [0.25, 0.3) is 0 Å². The molecule has 0 aromatic carbocycles. The monoisotopic (exact) mass is 109 g/mol. The summed E-state index contributed by atoms with van der Waals surface area (Å²) >= 11 is 3.80. The van der Waals surface area contributed by atoms with Gasteiger partial charge in [0.1, 0.15) is 0 Å². The van der Waals surface area contributed by atoms with Crippen molar-refractivity contribution < 1.29 is 0 Å². The van der Waals surface area contributed by atoms with E-state index in [-0.39, 0.29) is 0 Å². The van der Waals surface area contributed by atoms with Crippen molar-refractivity contribution in [3.8, 4) is 0 Å². The maximum Gasteiger partial charge on any atom is -0.00309 e. The molecule has 0 aliphatic carbocycles. The molecule has 0 aromatic heterocycles. The standard InChI is InChI=1S/C2H7NS.H4N2/c1-3(2)4;1-2/h4H,1-2H3;1-2H2. The van der Waals surface area contributed by atoms with Crippen LogP contribution in [-0.4, -0.2) is 18.4 Å². The van der Waals surface area contributed by atoms with E-state index in [0.29, 0.717) is 0 Å². The van der Waals surface area contributed by atoms with Crippen molar-refractivity contribution in [1.29, 1.82) is 0 Å². The zero-order chi connectivity index (χ0) is 5.58. The van der Waals surface area contributed by atoms with Crippen LogP contribution >= 0.6 is 12.8 Å². The third kappa shape index (κ3) is 834. The van der Waals surface area contributed by atoms with Crippen molar-refractivity contribution in [2.45, 2.75) is 0 Å². The molecule has 0 aromatic rings. The number of nitrogens with two attached hydrogens (primary N) is 2. The number of rotatable bonds is 0. The van der Waals surface area contributed by atoms with Gasteiger partial charge in [-0.3, -0.25) is 16.0 Å². The van der Waals surface area contributed by atoms with E-state index >= 15 is 0 Å². The molecule has 0 saturated carbocycles. The van der Waals surface area contributed by atoms with Gasteiger partial charge in [-0.05, 0) is 14.1 Å². The Kier molecular flexibility index (Phi) is 14.2. The molecule has 0 radical (unpaired) electrons. The summed E-state index contributed by atoms with van der Waals surface area (Å²) in [5.74, 6) is 8.00. The van der Waals surface area contributed by atoms with E-state index < -0.39 is 0 Å². The molecule has 0 rings (SSSR count). The highest BCUT2D eigenvalue weighted by Gasteiger charge is 1.59. The summed E-state index contributed by atoms with van der Waals surface area (Å²) in [5.41, 5.74) is 0. The molecule has 0 aliphatic rings. The van der Waals surface area contributed by atoms with Gasteiger partial charge in [0.05, 0.1) is 0 Å². The number of hydrogen-bond donors (Lipinski definition) is 3. The average Bonchev–Trinajstić information content (AvgIpc) is 1.41. The van der Waals surface area contributed by atoms with Gasteiger partial charge < -0.3 is 0 Å². The number of nitrogens with zero attached hydrogens (tertiary/aromatic N) is 1. The van der Waals surface area contributed by atoms with Crippen LogP contribution in [0.3, 0.4) is 0 Å². The van der Waals surface area contributed by atoms with Crippen molar-refractivity contribution in [3.05, 3.63) is 0 Å². The van der Waals surface area contributed by atoms with Crippen LogP contribution in [0.2, 0.25) is 0 Å². The maximum atomic E-state index is 4.00. The molecule has 0 amide bonds. The lowest BCUT2D eigenvalue weighted by Gasteiger charge is -1.88. The minimum absolute atomic E-state index is 1.69. The van der Waals surface area contributed by atoms with Gasteiger partial charge in [0.15, 0.2) is 0 Å². The average molecular weight is 109 g/mol. The van der Waals surface area contributed by atoms with Gasteiger partial charge in [0.2, 0.25) is 0 Å². The predicted molar refractivity (Wildman–Crippen MR) is 31.0 cm³/mol. The van der Waals surface area contributed by atoms with Crippen molar-refractivity contribution in [2.24, 2.45) is 11.7 Å². The van der Waals surface area contributed by atoms with E-state index in [4.69, 9.17) is 0 Å². The lowest BCUT2D eigenvalue weighted by molar-refractivity contribution is 0.714. The molecule has 40 valence electrons. The Morgan fingerprint density at radius 1 is 1.33 bits per heavy atom. The molecule has 0 heterocycles. The van der Waals surface area contributed by atoms with Crippen LogP contribution in [0.1, 0.15) is 0 Å². The number of thiol groups is 1. The quantitative estimate of drug-likeness (QED) is 0.217. The fraction of sp³-hybridized carbons (Fsp3) is 1.00. The Hall–Kier alpha value is 0.230. The topological polar surface area (TPSA) is 55.3 Å². The Balaban J connectivity index is 0. The summed E-state index contributed by atoms with van der Waals surface area (Å²) in [6.07, 6.45) is 0. The summed E-state index contributed by atoms with van der Waals surface area (Å²) in [5, 5.41) is 0. The van der Waals surface area contributed by atoms with Crippen LogP contribution in [0, 0.1) is 0 Å². The maximum absolute atomic E-state index is 4.00. The van der Waals surface area contributed by atoms with Crippen LogP contribution < -0.4 is 11.7 Å². The molecule has 0 unspecified atom stereocenters. The zero-order valence-electron chi connectivity index (χ0n) is 4.05. The number of hydrogen-bond acceptors (Lipinski definition) is 4. The molecule has 0 aliphatic heterocycles. The minimum atomic E-state index is 1.69. The third-order valence-electron chi connectivity index (χ3n) is 0. The van der Waals surface area contributed by atoms with Crippen molar-refractivity contribution in [1.82, 2.24) is 4.31 Å². The van der Waals surface area contributed by atoms with Crippen LogP contribution in [0.4, 0.5) is 0 Å². The lowest BCUT2D eigenvalue weighted by Crippen LogP contribution is -2.02. The van der Waals surface area contributed by atoms with E-state index in [1.54, 1.807) is 4.31 Å². The summed E-state index contributed by atoms with van der Waals surface area (Å²) in [6, 6.07) is 0. The molecule has 0 atom stereocenters. The molecular formula is C2H11N3S. The van der Waals surface area contributed by atoms with E-state index in [1.807, 2.05) is 14.1 Å². The minimum Gasteiger partial charge on any atom is -0.274 e. The second-order valence-electron chi connectivity index (χ2n) is 0.847. The van der Waals surface area contributed by atoms with E-state index in [9.17, 15) is 0 Å². The number of hydrazine groups is 1. The van der Waals surface area contributed by atoms with Crippen LogP contribution in [-0.2, 0) is 0 Å². The largest absolute Gasteiger partial charge is 0.274 e. The smallest absolute Gasteiger partial charge is 0.00309 e. The molecule has 0 spiro atoms. The first-order valence-electron chi connectivity index (χ1n) is 1.43. The first-order valence-corrected chi connectivity index (χ1v) is 1.83. The highest BCUT2D eigenvalue weighted by atomic mass is 32.1. The van der Waals surface area contributed by atoms with Gasteiger partial charge in [0, 0.05) is 0 Å². The molecular weight excluding hydrogens is 98.1 g/mol. The normalized spacial score (nSPS) is 7.00. The first kappa shape index (κ1) is 9.52. The second-order valence-corrected chi connectivity index (χ2v) is 1.65. The Labute approximate surface area is 43.8 Å². The van der Waals surface area contributed by atoms with Crippen LogP contribution in [0.5, 0.6) is 0 Å². The van der Waals surface area contributed by atoms with E-state index in [2.05, 4.69) is 24.5 Å². The molecule has 0 fully saturated rings. The van der Waals surface area contributed by atoms with Gasteiger partial charge in [-0.2, -0.15) is 0 Å². The third-order valence-corrected chi connectivity index (χ3v) is 0. The highest BCUT2D eigenvalue weighted by molar-refractivity contribution is 7.77. The van der Waals surface area contributed by atoms with Gasteiger partial charge in [0.25, 0.3) is 0 Å². The van der Waals surface area contributed by atoms with Gasteiger partial charge in [-0.15, -0.1) is 0 Å². The molecule has 4 heteroatoms. The molecule has 0 saturated heterocycles. The van der Waals surface area contributed by atoms with E-state index in [1.165, 1.54) is 0 Å². The van der Waals surface area contributed by atoms with Crippen LogP contribution in [0.15, 0.2) is 0 Å². The highest BCUT2D eigenvalue weighted by Crippen LogP contribution is 1.69. The Morgan fingerprint density at radius 3 is 1.33 bits per heavy atom. The fourth-order valence-electron chi connectivity index (χ4n) is 0. The van der Waals surface area contributed by atoms with Gasteiger partial charge >= 0.3 is 0 Å². The molecule has 3 nitrogen and oxygen atoms in total. The fourth-order valence-corrected chi connectivity index (χ4v) is 0.